The average molecular weight is 276 g/mol. The lowest BCUT2D eigenvalue weighted by Gasteiger charge is -2.34. The van der Waals surface area contributed by atoms with Crippen LogP contribution in [0.15, 0.2) is 12.1 Å². The highest BCUT2D eigenvalue weighted by molar-refractivity contribution is 5.38. The molecule has 2 N–H and O–H groups in total. The number of nitrogens with two attached hydrogens (primary N) is 1. The summed E-state index contributed by atoms with van der Waals surface area (Å²) in [6.45, 7) is 14.1. The second-order valence-electron chi connectivity index (χ2n) is 6.69. The molecule has 0 radical (unpaired) electrons. The second-order valence-corrected chi connectivity index (χ2v) is 6.69. The van der Waals surface area contributed by atoms with Gasteiger partial charge in [0.15, 0.2) is 0 Å². The number of hydrogen-bond donors (Lipinski definition) is 1. The SMILES string of the molecule is Cc1cc(C)c(C(CN)N(C)C(C)CC(C)C)cc1C. The van der Waals surface area contributed by atoms with Crippen molar-refractivity contribution in [2.75, 3.05) is 13.6 Å². The minimum atomic E-state index is 0.308. The van der Waals surface area contributed by atoms with E-state index in [4.69, 9.17) is 5.73 Å². The molecule has 2 unspecified atom stereocenters. The predicted molar refractivity (Wildman–Crippen MR) is 89.1 cm³/mol. The van der Waals surface area contributed by atoms with E-state index < -0.39 is 0 Å². The van der Waals surface area contributed by atoms with Crippen LogP contribution in [-0.2, 0) is 0 Å². The van der Waals surface area contributed by atoms with Crippen molar-refractivity contribution in [2.45, 2.75) is 60.0 Å². The molecule has 0 aromatic heterocycles. The van der Waals surface area contributed by atoms with E-state index in [2.05, 4.69) is 65.6 Å². The zero-order chi connectivity index (χ0) is 15.4. The van der Waals surface area contributed by atoms with E-state index in [1.807, 2.05) is 0 Å². The topological polar surface area (TPSA) is 29.3 Å². The first kappa shape index (κ1) is 17.2. The largest absolute Gasteiger partial charge is 0.329 e. The Morgan fingerprint density at radius 1 is 1.00 bits per heavy atom. The van der Waals surface area contributed by atoms with Gasteiger partial charge in [-0.2, -0.15) is 0 Å². The first-order valence-electron chi connectivity index (χ1n) is 7.77. The van der Waals surface area contributed by atoms with Crippen LogP contribution in [0.4, 0.5) is 0 Å². The Hall–Kier alpha value is -0.860. The van der Waals surface area contributed by atoms with Crippen LogP contribution < -0.4 is 5.73 Å². The van der Waals surface area contributed by atoms with Gasteiger partial charge in [0.2, 0.25) is 0 Å². The minimum Gasteiger partial charge on any atom is -0.329 e. The van der Waals surface area contributed by atoms with Crippen LogP contribution in [0.5, 0.6) is 0 Å². The molecule has 1 aromatic carbocycles. The summed E-state index contributed by atoms with van der Waals surface area (Å²) in [5, 5.41) is 0. The van der Waals surface area contributed by atoms with Crippen LogP contribution in [-0.4, -0.2) is 24.5 Å². The number of rotatable bonds is 6. The zero-order valence-electron chi connectivity index (χ0n) is 14.3. The van der Waals surface area contributed by atoms with E-state index in [0.29, 0.717) is 24.5 Å². The fourth-order valence-corrected chi connectivity index (χ4v) is 3.01. The summed E-state index contributed by atoms with van der Waals surface area (Å²) in [5.74, 6) is 0.715. The maximum atomic E-state index is 6.09. The summed E-state index contributed by atoms with van der Waals surface area (Å²) in [4.78, 5) is 2.44. The normalized spacial score (nSPS) is 14.9. The van der Waals surface area contributed by atoms with Crippen molar-refractivity contribution in [1.82, 2.24) is 4.90 Å². The molecule has 1 aromatic rings. The molecule has 2 atom stereocenters. The van der Waals surface area contributed by atoms with Gasteiger partial charge in [-0.05, 0) is 69.3 Å². The molecule has 0 spiro atoms. The maximum absolute atomic E-state index is 6.09. The van der Waals surface area contributed by atoms with Gasteiger partial charge in [-0.25, -0.2) is 0 Å². The fourth-order valence-electron chi connectivity index (χ4n) is 3.01. The van der Waals surface area contributed by atoms with Gasteiger partial charge >= 0.3 is 0 Å². The Balaban J connectivity index is 3.04. The molecule has 1 rings (SSSR count). The van der Waals surface area contributed by atoms with Crippen molar-refractivity contribution in [2.24, 2.45) is 11.7 Å². The van der Waals surface area contributed by atoms with Gasteiger partial charge in [-0.1, -0.05) is 26.0 Å². The van der Waals surface area contributed by atoms with Gasteiger partial charge < -0.3 is 5.73 Å². The van der Waals surface area contributed by atoms with Crippen LogP contribution in [0.3, 0.4) is 0 Å². The fraction of sp³-hybridized carbons (Fsp3) is 0.667. The Morgan fingerprint density at radius 2 is 1.55 bits per heavy atom. The summed E-state index contributed by atoms with van der Waals surface area (Å²) in [6.07, 6.45) is 1.21. The zero-order valence-corrected chi connectivity index (χ0v) is 14.3. The molecule has 2 heteroatoms. The smallest absolute Gasteiger partial charge is 0.0472 e. The third-order valence-corrected chi connectivity index (χ3v) is 4.46. The Bertz CT molecular complexity index is 437. The lowest BCUT2D eigenvalue weighted by Crippen LogP contribution is -2.38. The molecule has 0 fully saturated rings. The molecule has 0 amide bonds. The maximum Gasteiger partial charge on any atom is 0.0472 e. The Labute approximate surface area is 125 Å². The van der Waals surface area contributed by atoms with Gasteiger partial charge in [-0.3, -0.25) is 4.90 Å². The number of aryl methyl sites for hydroxylation is 3. The third-order valence-electron chi connectivity index (χ3n) is 4.46. The second kappa shape index (κ2) is 7.24. The van der Waals surface area contributed by atoms with Crippen LogP contribution in [0.1, 0.15) is 55.5 Å². The highest BCUT2D eigenvalue weighted by atomic mass is 15.2. The lowest BCUT2D eigenvalue weighted by atomic mass is 9.93. The molecule has 0 saturated heterocycles. The Kier molecular flexibility index (Phi) is 6.22. The van der Waals surface area contributed by atoms with Crippen LogP contribution in [0, 0.1) is 26.7 Å². The molecule has 0 aliphatic rings. The van der Waals surface area contributed by atoms with Gasteiger partial charge in [-0.15, -0.1) is 0 Å². The van der Waals surface area contributed by atoms with Gasteiger partial charge in [0.05, 0.1) is 0 Å². The molecule has 0 bridgehead atoms. The van der Waals surface area contributed by atoms with Crippen molar-refractivity contribution in [3.05, 3.63) is 34.4 Å². The van der Waals surface area contributed by atoms with Crippen molar-refractivity contribution in [3.8, 4) is 0 Å². The third kappa shape index (κ3) is 4.07. The monoisotopic (exact) mass is 276 g/mol. The quantitative estimate of drug-likeness (QED) is 0.851. The summed E-state index contributed by atoms with van der Waals surface area (Å²) in [5.41, 5.74) is 11.5. The highest BCUT2D eigenvalue weighted by Crippen LogP contribution is 2.27. The number of nitrogens with zero attached hydrogens (tertiary/aromatic N) is 1. The molecule has 0 heterocycles. The summed E-state index contributed by atoms with van der Waals surface area (Å²) < 4.78 is 0. The summed E-state index contributed by atoms with van der Waals surface area (Å²) in [7, 11) is 2.21. The predicted octanol–water partition coefficient (Wildman–Crippen LogP) is 3.98. The molecule has 0 aliphatic carbocycles. The number of benzene rings is 1. The average Bonchev–Trinajstić information content (AvgIpc) is 2.35. The molecule has 20 heavy (non-hydrogen) atoms. The Morgan fingerprint density at radius 3 is 2.05 bits per heavy atom. The molecule has 0 aliphatic heterocycles. The van der Waals surface area contributed by atoms with Crippen LogP contribution in [0.25, 0.3) is 0 Å². The molecular formula is C18H32N2. The van der Waals surface area contributed by atoms with Gasteiger partial charge in [0, 0.05) is 18.6 Å². The van der Waals surface area contributed by atoms with Gasteiger partial charge in [0.25, 0.3) is 0 Å². The van der Waals surface area contributed by atoms with E-state index in [0.717, 1.165) is 0 Å². The van der Waals surface area contributed by atoms with E-state index in [-0.39, 0.29) is 0 Å². The van der Waals surface area contributed by atoms with Crippen molar-refractivity contribution in [1.29, 1.82) is 0 Å². The highest BCUT2D eigenvalue weighted by Gasteiger charge is 2.22. The van der Waals surface area contributed by atoms with Crippen molar-refractivity contribution >= 4 is 0 Å². The minimum absolute atomic E-state index is 0.308. The molecule has 2 nitrogen and oxygen atoms in total. The lowest BCUT2D eigenvalue weighted by molar-refractivity contribution is 0.168. The van der Waals surface area contributed by atoms with Crippen LogP contribution >= 0.6 is 0 Å². The van der Waals surface area contributed by atoms with E-state index >= 15 is 0 Å². The first-order valence-corrected chi connectivity index (χ1v) is 7.77. The standard InChI is InChI=1S/C18H32N2/c1-12(2)8-16(6)20(7)18(11-19)17-10-14(4)13(3)9-15(17)5/h9-10,12,16,18H,8,11,19H2,1-7H3. The van der Waals surface area contributed by atoms with Crippen molar-refractivity contribution < 1.29 is 0 Å². The summed E-state index contributed by atoms with van der Waals surface area (Å²) in [6, 6.07) is 5.46. The van der Waals surface area contributed by atoms with Crippen molar-refractivity contribution in [3.63, 3.8) is 0 Å². The van der Waals surface area contributed by atoms with E-state index in [9.17, 15) is 0 Å². The number of hydrogen-bond acceptors (Lipinski definition) is 2. The summed E-state index contributed by atoms with van der Waals surface area (Å²) >= 11 is 0. The van der Waals surface area contributed by atoms with E-state index in [1.54, 1.807) is 0 Å². The van der Waals surface area contributed by atoms with E-state index in [1.165, 1.54) is 28.7 Å². The first-order chi connectivity index (χ1) is 9.27. The van der Waals surface area contributed by atoms with Crippen LogP contribution in [0.2, 0.25) is 0 Å². The number of likely N-dealkylation sites (N-methyl/N-ethyl adjacent to an activating group) is 1. The molecular weight excluding hydrogens is 244 g/mol. The molecule has 114 valence electrons. The molecule has 0 saturated carbocycles. The van der Waals surface area contributed by atoms with Gasteiger partial charge in [0.1, 0.15) is 0 Å².